The van der Waals surface area contributed by atoms with E-state index < -0.39 is 0 Å². The summed E-state index contributed by atoms with van der Waals surface area (Å²) in [6.07, 6.45) is 6.29. The summed E-state index contributed by atoms with van der Waals surface area (Å²) in [5.41, 5.74) is 0.315. The van der Waals surface area contributed by atoms with Crippen molar-refractivity contribution in [2.45, 2.75) is 45.1 Å². The van der Waals surface area contributed by atoms with E-state index in [1.165, 1.54) is 30.6 Å². The van der Waals surface area contributed by atoms with Gasteiger partial charge in [0.05, 0.1) is 19.3 Å². The Morgan fingerprint density at radius 3 is 2.76 bits per heavy atom. The first-order valence-electron chi connectivity index (χ1n) is 11.1. The fourth-order valence-electron chi connectivity index (χ4n) is 4.49. The van der Waals surface area contributed by atoms with Gasteiger partial charge in [0.15, 0.2) is 5.96 Å². The predicted molar refractivity (Wildman–Crippen MR) is 121 cm³/mol. The van der Waals surface area contributed by atoms with Crippen molar-refractivity contribution in [2.75, 3.05) is 59.7 Å². The van der Waals surface area contributed by atoms with Gasteiger partial charge >= 0.3 is 0 Å². The molecular formula is C22H38N4O2S. The number of guanidine groups is 1. The van der Waals surface area contributed by atoms with E-state index in [1.54, 1.807) is 7.11 Å². The Morgan fingerprint density at radius 2 is 2.10 bits per heavy atom. The Morgan fingerprint density at radius 1 is 1.31 bits per heavy atom. The zero-order chi connectivity index (χ0) is 20.4. The maximum atomic E-state index is 5.57. The van der Waals surface area contributed by atoms with Crippen molar-refractivity contribution in [3.05, 3.63) is 22.4 Å². The fraction of sp³-hybridized carbons (Fsp3) is 0.773. The molecule has 1 saturated heterocycles. The maximum absolute atomic E-state index is 5.57. The molecule has 1 atom stereocenters. The first-order chi connectivity index (χ1) is 14.3. The number of hydrogen-bond acceptors (Lipinski definition) is 5. The summed E-state index contributed by atoms with van der Waals surface area (Å²) in [4.78, 5) is 8.95. The highest BCUT2D eigenvalue weighted by Gasteiger charge is 2.33. The zero-order valence-corrected chi connectivity index (χ0v) is 18.9. The van der Waals surface area contributed by atoms with Gasteiger partial charge in [-0.1, -0.05) is 18.9 Å². The summed E-state index contributed by atoms with van der Waals surface area (Å²) >= 11 is 1.84. The second-order valence-electron chi connectivity index (χ2n) is 8.21. The molecule has 2 N–H and O–H groups in total. The summed E-state index contributed by atoms with van der Waals surface area (Å²) in [6, 6.07) is 4.75. The van der Waals surface area contributed by atoms with Crippen LogP contribution in [0.1, 0.15) is 49.9 Å². The molecule has 1 aliphatic carbocycles. The summed E-state index contributed by atoms with van der Waals surface area (Å²) < 4.78 is 10.9. The minimum absolute atomic E-state index is 0.315. The van der Waals surface area contributed by atoms with Crippen LogP contribution in [0.15, 0.2) is 22.5 Å². The lowest BCUT2D eigenvalue weighted by molar-refractivity contribution is 0.0177. The van der Waals surface area contributed by atoms with Gasteiger partial charge in [-0.15, -0.1) is 11.3 Å². The summed E-state index contributed by atoms with van der Waals surface area (Å²) in [5, 5.41) is 9.26. The minimum Gasteiger partial charge on any atom is -0.385 e. The van der Waals surface area contributed by atoms with Crippen molar-refractivity contribution in [3.63, 3.8) is 0 Å². The van der Waals surface area contributed by atoms with Gasteiger partial charge in [0.2, 0.25) is 0 Å². The van der Waals surface area contributed by atoms with Crippen LogP contribution in [0.25, 0.3) is 0 Å². The molecule has 2 aliphatic rings. The van der Waals surface area contributed by atoms with Gasteiger partial charge in [-0.3, -0.25) is 9.89 Å². The molecule has 1 aromatic rings. The summed E-state index contributed by atoms with van der Waals surface area (Å²) in [6.45, 7) is 9.18. The van der Waals surface area contributed by atoms with Gasteiger partial charge in [-0.05, 0) is 43.0 Å². The van der Waals surface area contributed by atoms with E-state index in [2.05, 4.69) is 40.0 Å². The Kier molecular flexibility index (Phi) is 9.24. The van der Waals surface area contributed by atoms with Crippen LogP contribution < -0.4 is 10.6 Å². The largest absolute Gasteiger partial charge is 0.385 e. The van der Waals surface area contributed by atoms with Gasteiger partial charge in [0, 0.05) is 51.3 Å². The van der Waals surface area contributed by atoms with E-state index in [0.717, 1.165) is 64.9 Å². The Hall–Kier alpha value is -1.15. The molecule has 164 valence electrons. The molecule has 6 nitrogen and oxygen atoms in total. The lowest BCUT2D eigenvalue weighted by atomic mass is 9.83. The number of rotatable bonds is 10. The monoisotopic (exact) mass is 422 g/mol. The average molecular weight is 423 g/mol. The molecule has 1 aliphatic heterocycles. The van der Waals surface area contributed by atoms with Crippen molar-refractivity contribution in [2.24, 2.45) is 10.4 Å². The lowest BCUT2D eigenvalue weighted by Gasteiger charge is -2.34. The summed E-state index contributed by atoms with van der Waals surface area (Å²) in [7, 11) is 1.80. The van der Waals surface area contributed by atoms with Crippen LogP contribution >= 0.6 is 11.3 Å². The van der Waals surface area contributed by atoms with Gasteiger partial charge in [0.1, 0.15) is 0 Å². The first kappa shape index (κ1) is 22.5. The van der Waals surface area contributed by atoms with Crippen molar-refractivity contribution in [3.8, 4) is 0 Å². The van der Waals surface area contributed by atoms with Crippen molar-refractivity contribution in [1.29, 1.82) is 0 Å². The maximum Gasteiger partial charge on any atom is 0.191 e. The van der Waals surface area contributed by atoms with Crippen molar-refractivity contribution in [1.82, 2.24) is 15.5 Å². The van der Waals surface area contributed by atoms with Crippen LogP contribution in [0.4, 0.5) is 0 Å². The molecule has 3 rings (SSSR count). The number of hydrogen-bond donors (Lipinski definition) is 2. The third-order valence-corrected chi connectivity index (χ3v) is 7.21. The normalized spacial score (nSPS) is 21.2. The first-order valence-corrected chi connectivity index (χ1v) is 12.0. The van der Waals surface area contributed by atoms with E-state index in [0.29, 0.717) is 11.5 Å². The number of morpholine rings is 1. The number of ether oxygens (including phenoxy) is 2. The highest BCUT2D eigenvalue weighted by atomic mass is 32.1. The van der Waals surface area contributed by atoms with Crippen LogP contribution in [0.5, 0.6) is 0 Å². The standard InChI is InChI=1S/C22H38N4O2S/c1-3-23-21(25-18-22(10-13-27-2)8-4-5-9-22)24-17-19(20-7-6-16-29-20)26-11-14-28-15-12-26/h6-7,16,19H,3-5,8-15,17-18H2,1-2H3,(H2,23,24,25). The molecule has 1 unspecified atom stereocenters. The van der Waals surface area contributed by atoms with Crippen LogP contribution in [0, 0.1) is 5.41 Å². The zero-order valence-electron chi connectivity index (χ0n) is 18.1. The summed E-state index contributed by atoms with van der Waals surface area (Å²) in [5.74, 6) is 0.936. The number of nitrogens with zero attached hydrogens (tertiary/aromatic N) is 2. The quantitative estimate of drug-likeness (QED) is 0.448. The second-order valence-corrected chi connectivity index (χ2v) is 9.18. The van der Waals surface area contributed by atoms with Crippen molar-refractivity contribution >= 4 is 17.3 Å². The molecule has 7 heteroatoms. The molecule has 1 saturated carbocycles. The van der Waals surface area contributed by atoms with Gasteiger partial charge in [0.25, 0.3) is 0 Å². The SMILES string of the molecule is CCNC(=NCC1(CCOC)CCCC1)NCC(c1cccs1)N1CCOCC1. The molecule has 0 radical (unpaired) electrons. The Bertz CT molecular complexity index is 596. The number of thiophene rings is 1. The number of aliphatic imine (C=N–C) groups is 1. The number of methoxy groups -OCH3 is 1. The molecule has 2 fully saturated rings. The van der Waals surface area contributed by atoms with Crippen LogP contribution in [0.2, 0.25) is 0 Å². The van der Waals surface area contributed by atoms with Crippen LogP contribution in [-0.4, -0.2) is 70.5 Å². The molecular weight excluding hydrogens is 384 g/mol. The van der Waals surface area contributed by atoms with E-state index in [1.807, 2.05) is 11.3 Å². The lowest BCUT2D eigenvalue weighted by Crippen LogP contribution is -2.46. The minimum atomic E-state index is 0.315. The smallest absolute Gasteiger partial charge is 0.191 e. The third kappa shape index (κ3) is 6.67. The molecule has 0 spiro atoms. The van der Waals surface area contributed by atoms with Gasteiger partial charge < -0.3 is 20.1 Å². The molecule has 0 aromatic carbocycles. The molecule has 0 amide bonds. The second kappa shape index (κ2) is 11.9. The van der Waals surface area contributed by atoms with E-state index in [9.17, 15) is 0 Å². The third-order valence-electron chi connectivity index (χ3n) is 6.24. The molecule has 2 heterocycles. The van der Waals surface area contributed by atoms with E-state index in [-0.39, 0.29) is 0 Å². The van der Waals surface area contributed by atoms with Gasteiger partial charge in [-0.2, -0.15) is 0 Å². The topological polar surface area (TPSA) is 58.1 Å². The van der Waals surface area contributed by atoms with Crippen molar-refractivity contribution < 1.29 is 9.47 Å². The molecule has 0 bridgehead atoms. The highest BCUT2D eigenvalue weighted by molar-refractivity contribution is 7.10. The fourth-order valence-corrected chi connectivity index (χ4v) is 5.35. The van der Waals surface area contributed by atoms with Crippen LogP contribution in [-0.2, 0) is 9.47 Å². The van der Waals surface area contributed by atoms with E-state index in [4.69, 9.17) is 14.5 Å². The Labute approximate surface area is 180 Å². The average Bonchev–Trinajstić information content (AvgIpc) is 3.44. The molecule has 29 heavy (non-hydrogen) atoms. The highest BCUT2D eigenvalue weighted by Crippen LogP contribution is 2.41. The Balaban J connectivity index is 1.63. The van der Waals surface area contributed by atoms with Crippen LogP contribution in [0.3, 0.4) is 0 Å². The van der Waals surface area contributed by atoms with E-state index >= 15 is 0 Å². The predicted octanol–water partition coefficient (Wildman–Crippen LogP) is 3.27. The van der Waals surface area contributed by atoms with Gasteiger partial charge in [-0.25, -0.2) is 0 Å². The number of nitrogens with one attached hydrogen (secondary N) is 2. The molecule has 1 aromatic heterocycles.